The lowest BCUT2D eigenvalue weighted by Gasteiger charge is -2.33. The Bertz CT molecular complexity index is 485. The fourth-order valence-electron chi connectivity index (χ4n) is 2.60. The van der Waals surface area contributed by atoms with Crippen LogP contribution in [0.5, 0.6) is 0 Å². The molecular weight excluding hydrogens is 246 g/mol. The molecule has 0 fully saturated rings. The maximum absolute atomic E-state index is 4.54. The summed E-state index contributed by atoms with van der Waals surface area (Å²) in [5, 5.41) is 3.28. The van der Waals surface area contributed by atoms with E-state index in [0.717, 1.165) is 25.3 Å². The van der Waals surface area contributed by atoms with Crippen LogP contribution < -0.4 is 10.2 Å². The summed E-state index contributed by atoms with van der Waals surface area (Å²) in [4.78, 5) is 6.90. The molecule has 0 aromatic carbocycles. The fourth-order valence-corrected chi connectivity index (χ4v) is 2.60. The highest BCUT2D eigenvalue weighted by molar-refractivity contribution is 5.44. The third-order valence-electron chi connectivity index (χ3n) is 4.20. The summed E-state index contributed by atoms with van der Waals surface area (Å²) in [6.07, 6.45) is 5.43. The molecule has 1 unspecified atom stereocenters. The molecule has 1 aromatic heterocycles. The van der Waals surface area contributed by atoms with Gasteiger partial charge in [0.25, 0.3) is 0 Å². The molecule has 1 aromatic rings. The maximum atomic E-state index is 4.54. The molecule has 2 rings (SSSR count). The second kappa shape index (κ2) is 5.96. The molecular formula is C17H27N3. The monoisotopic (exact) mass is 273 g/mol. The molecule has 1 aliphatic heterocycles. The number of hydrogen-bond donors (Lipinski definition) is 1. The Morgan fingerprint density at radius 2 is 2.10 bits per heavy atom. The largest absolute Gasteiger partial charge is 0.353 e. The van der Waals surface area contributed by atoms with Gasteiger partial charge in [0.1, 0.15) is 5.82 Å². The van der Waals surface area contributed by atoms with Crippen molar-refractivity contribution in [2.24, 2.45) is 5.41 Å². The Morgan fingerprint density at radius 1 is 1.35 bits per heavy atom. The van der Waals surface area contributed by atoms with Gasteiger partial charge in [0.15, 0.2) is 0 Å². The van der Waals surface area contributed by atoms with Crippen LogP contribution in [0, 0.1) is 5.41 Å². The van der Waals surface area contributed by atoms with Crippen LogP contribution in [-0.2, 0) is 0 Å². The third kappa shape index (κ3) is 3.40. The molecule has 1 N–H and O–H groups in total. The first-order chi connectivity index (χ1) is 9.41. The van der Waals surface area contributed by atoms with Crippen LogP contribution in [0.3, 0.4) is 0 Å². The predicted molar refractivity (Wildman–Crippen MR) is 86.1 cm³/mol. The highest BCUT2D eigenvalue weighted by atomic mass is 15.2. The number of pyridine rings is 1. The molecule has 2 heterocycles. The van der Waals surface area contributed by atoms with Crippen molar-refractivity contribution in [3.05, 3.63) is 35.5 Å². The van der Waals surface area contributed by atoms with Crippen molar-refractivity contribution in [1.29, 1.82) is 0 Å². The quantitative estimate of drug-likeness (QED) is 0.854. The standard InChI is InChI=1S/C17H27N3/c1-13(18-5)14-6-9-19-16(12-14)20-10-7-15(8-11-20)17(2,3)4/h6-7,9,12-13,18H,8,10-11H2,1-5H3. The van der Waals surface area contributed by atoms with Crippen molar-refractivity contribution < 1.29 is 0 Å². The highest BCUT2D eigenvalue weighted by Gasteiger charge is 2.22. The van der Waals surface area contributed by atoms with Crippen molar-refractivity contribution in [2.75, 3.05) is 25.0 Å². The Morgan fingerprint density at radius 3 is 2.65 bits per heavy atom. The van der Waals surface area contributed by atoms with E-state index in [-0.39, 0.29) is 0 Å². The SMILES string of the molecule is CNC(C)c1ccnc(N2CC=C(C(C)(C)C)CC2)c1. The number of nitrogens with one attached hydrogen (secondary N) is 1. The van der Waals surface area contributed by atoms with E-state index in [2.05, 4.69) is 61.1 Å². The highest BCUT2D eigenvalue weighted by Crippen LogP contribution is 2.31. The molecule has 0 spiro atoms. The molecule has 110 valence electrons. The van der Waals surface area contributed by atoms with Crippen LogP contribution in [0.25, 0.3) is 0 Å². The van der Waals surface area contributed by atoms with Crippen LogP contribution in [0.4, 0.5) is 5.82 Å². The Balaban J connectivity index is 2.13. The second-order valence-electron chi connectivity index (χ2n) is 6.63. The molecule has 1 aliphatic rings. The fraction of sp³-hybridized carbons (Fsp3) is 0.588. The number of rotatable bonds is 3. The summed E-state index contributed by atoms with van der Waals surface area (Å²) in [6, 6.07) is 4.66. The van der Waals surface area contributed by atoms with Gasteiger partial charge in [0, 0.05) is 25.3 Å². The minimum Gasteiger partial charge on any atom is -0.353 e. The Hall–Kier alpha value is -1.35. The number of anilines is 1. The summed E-state index contributed by atoms with van der Waals surface area (Å²) in [6.45, 7) is 11.1. The first kappa shape index (κ1) is 15.0. The number of nitrogens with zero attached hydrogens (tertiary/aromatic N) is 2. The lowest BCUT2D eigenvalue weighted by atomic mass is 9.83. The molecule has 20 heavy (non-hydrogen) atoms. The number of hydrogen-bond acceptors (Lipinski definition) is 3. The predicted octanol–water partition coefficient (Wildman–Crippen LogP) is 3.54. The van der Waals surface area contributed by atoms with E-state index in [1.807, 2.05) is 13.2 Å². The molecule has 0 aliphatic carbocycles. The van der Waals surface area contributed by atoms with Gasteiger partial charge in [0.2, 0.25) is 0 Å². The van der Waals surface area contributed by atoms with Crippen LogP contribution >= 0.6 is 0 Å². The Kier molecular flexibility index (Phi) is 4.48. The van der Waals surface area contributed by atoms with Crippen molar-refractivity contribution >= 4 is 5.82 Å². The molecule has 0 saturated carbocycles. The van der Waals surface area contributed by atoms with Gasteiger partial charge >= 0.3 is 0 Å². The summed E-state index contributed by atoms with van der Waals surface area (Å²) < 4.78 is 0. The van der Waals surface area contributed by atoms with Crippen molar-refractivity contribution in [1.82, 2.24) is 10.3 Å². The topological polar surface area (TPSA) is 28.2 Å². The van der Waals surface area contributed by atoms with Gasteiger partial charge in [-0.2, -0.15) is 0 Å². The normalized spacial score (nSPS) is 17.9. The van der Waals surface area contributed by atoms with Gasteiger partial charge in [-0.3, -0.25) is 0 Å². The Labute approximate surface area is 123 Å². The van der Waals surface area contributed by atoms with Crippen molar-refractivity contribution in [3.8, 4) is 0 Å². The van der Waals surface area contributed by atoms with E-state index in [9.17, 15) is 0 Å². The summed E-state index contributed by atoms with van der Waals surface area (Å²) in [7, 11) is 1.99. The first-order valence-corrected chi connectivity index (χ1v) is 7.49. The van der Waals surface area contributed by atoms with Gasteiger partial charge < -0.3 is 10.2 Å². The zero-order valence-electron chi connectivity index (χ0n) is 13.4. The maximum Gasteiger partial charge on any atom is 0.129 e. The van der Waals surface area contributed by atoms with E-state index in [1.165, 1.54) is 5.56 Å². The van der Waals surface area contributed by atoms with E-state index in [0.29, 0.717) is 11.5 Å². The minimum atomic E-state index is 0.294. The zero-order chi connectivity index (χ0) is 14.8. The molecule has 1 atom stereocenters. The van der Waals surface area contributed by atoms with E-state index in [4.69, 9.17) is 0 Å². The van der Waals surface area contributed by atoms with Crippen LogP contribution in [-0.4, -0.2) is 25.1 Å². The second-order valence-corrected chi connectivity index (χ2v) is 6.63. The van der Waals surface area contributed by atoms with Gasteiger partial charge in [-0.25, -0.2) is 4.98 Å². The molecule has 3 heteroatoms. The van der Waals surface area contributed by atoms with Crippen molar-refractivity contribution in [2.45, 2.75) is 40.2 Å². The lowest BCUT2D eigenvalue weighted by Crippen LogP contribution is -2.32. The van der Waals surface area contributed by atoms with Crippen molar-refractivity contribution in [3.63, 3.8) is 0 Å². The van der Waals surface area contributed by atoms with Crippen LogP contribution in [0.2, 0.25) is 0 Å². The van der Waals surface area contributed by atoms with Gasteiger partial charge in [0.05, 0.1) is 0 Å². The molecule has 0 radical (unpaired) electrons. The average Bonchev–Trinajstić information content (AvgIpc) is 2.46. The zero-order valence-corrected chi connectivity index (χ0v) is 13.4. The van der Waals surface area contributed by atoms with E-state index < -0.39 is 0 Å². The molecule has 0 saturated heterocycles. The van der Waals surface area contributed by atoms with Gasteiger partial charge in [-0.15, -0.1) is 0 Å². The molecule has 0 amide bonds. The summed E-state index contributed by atoms with van der Waals surface area (Å²) in [5.41, 5.74) is 3.15. The van der Waals surface area contributed by atoms with Gasteiger partial charge in [-0.1, -0.05) is 32.4 Å². The van der Waals surface area contributed by atoms with E-state index >= 15 is 0 Å². The minimum absolute atomic E-state index is 0.294. The lowest BCUT2D eigenvalue weighted by molar-refractivity contribution is 0.472. The van der Waals surface area contributed by atoms with E-state index in [1.54, 1.807) is 5.57 Å². The first-order valence-electron chi connectivity index (χ1n) is 7.49. The average molecular weight is 273 g/mol. The molecule has 0 bridgehead atoms. The number of aromatic nitrogens is 1. The smallest absolute Gasteiger partial charge is 0.129 e. The van der Waals surface area contributed by atoms with Crippen LogP contribution in [0.15, 0.2) is 30.0 Å². The third-order valence-corrected chi connectivity index (χ3v) is 4.20. The van der Waals surface area contributed by atoms with Crippen LogP contribution in [0.1, 0.15) is 45.7 Å². The molecule has 3 nitrogen and oxygen atoms in total. The summed E-state index contributed by atoms with van der Waals surface area (Å²) in [5.74, 6) is 1.09. The summed E-state index contributed by atoms with van der Waals surface area (Å²) >= 11 is 0. The van der Waals surface area contributed by atoms with Gasteiger partial charge in [-0.05, 0) is 43.5 Å².